The Labute approximate surface area is 140 Å². The Bertz CT molecular complexity index is 747. The lowest BCUT2D eigenvalue weighted by atomic mass is 10.0. The van der Waals surface area contributed by atoms with Gasteiger partial charge in [0.05, 0.1) is 12.3 Å². The van der Waals surface area contributed by atoms with Gasteiger partial charge in [-0.25, -0.2) is 0 Å². The van der Waals surface area contributed by atoms with Crippen molar-refractivity contribution in [3.8, 4) is 11.5 Å². The zero-order valence-corrected chi connectivity index (χ0v) is 13.2. The summed E-state index contributed by atoms with van der Waals surface area (Å²) in [6.45, 7) is 1.13. The molecule has 124 valence electrons. The van der Waals surface area contributed by atoms with Gasteiger partial charge < -0.3 is 19.2 Å². The van der Waals surface area contributed by atoms with Crippen LogP contribution >= 0.6 is 0 Å². The average molecular weight is 325 g/mol. The molecular formula is C19H19NO4. The van der Waals surface area contributed by atoms with Crippen molar-refractivity contribution in [2.45, 2.75) is 18.9 Å². The minimum atomic E-state index is -0.127. The number of amides is 1. The largest absolute Gasteiger partial charge is 0.486 e. The lowest BCUT2D eigenvalue weighted by molar-refractivity contribution is -0.117. The van der Waals surface area contributed by atoms with Crippen molar-refractivity contribution in [2.24, 2.45) is 5.92 Å². The molecule has 5 heteroatoms. The molecule has 0 saturated heterocycles. The van der Waals surface area contributed by atoms with Crippen LogP contribution in [0.15, 0.2) is 47.1 Å². The van der Waals surface area contributed by atoms with Crippen LogP contribution < -0.4 is 14.8 Å². The summed E-state index contributed by atoms with van der Waals surface area (Å²) in [6, 6.07) is 9.50. The number of furan rings is 1. The van der Waals surface area contributed by atoms with Gasteiger partial charge in [0.1, 0.15) is 19.0 Å². The molecule has 2 aliphatic rings. The van der Waals surface area contributed by atoms with Gasteiger partial charge >= 0.3 is 0 Å². The third kappa shape index (κ3) is 3.30. The van der Waals surface area contributed by atoms with Gasteiger partial charge in [0, 0.05) is 6.08 Å². The molecule has 0 spiro atoms. The van der Waals surface area contributed by atoms with Crippen molar-refractivity contribution in [1.82, 2.24) is 5.32 Å². The molecular weight excluding hydrogens is 306 g/mol. The van der Waals surface area contributed by atoms with E-state index in [0.29, 0.717) is 24.9 Å². The molecule has 1 atom stereocenters. The predicted octanol–water partition coefficient (Wildman–Crippen LogP) is 3.33. The number of carbonyl (C=O) groups excluding carboxylic acids is 1. The van der Waals surface area contributed by atoms with Crippen LogP contribution in [0.2, 0.25) is 0 Å². The average Bonchev–Trinajstić information content (AvgIpc) is 3.32. The third-order valence-corrected chi connectivity index (χ3v) is 4.26. The Kier molecular flexibility index (Phi) is 3.99. The number of hydrogen-bond acceptors (Lipinski definition) is 4. The van der Waals surface area contributed by atoms with Crippen LogP contribution in [-0.2, 0) is 4.79 Å². The minimum Gasteiger partial charge on any atom is -0.486 e. The molecule has 1 N–H and O–H groups in total. The topological polar surface area (TPSA) is 60.7 Å². The molecule has 1 saturated carbocycles. The Morgan fingerprint density at radius 2 is 2.00 bits per heavy atom. The highest BCUT2D eigenvalue weighted by molar-refractivity contribution is 5.91. The molecule has 5 nitrogen and oxygen atoms in total. The molecule has 1 fully saturated rings. The van der Waals surface area contributed by atoms with Crippen LogP contribution in [0.1, 0.15) is 30.2 Å². The van der Waals surface area contributed by atoms with E-state index >= 15 is 0 Å². The van der Waals surface area contributed by atoms with E-state index < -0.39 is 0 Å². The van der Waals surface area contributed by atoms with Gasteiger partial charge in [-0.15, -0.1) is 0 Å². The first-order valence-corrected chi connectivity index (χ1v) is 8.21. The molecule has 2 heterocycles. The zero-order valence-electron chi connectivity index (χ0n) is 13.2. The highest BCUT2D eigenvalue weighted by Crippen LogP contribution is 2.43. The molecule has 1 aromatic heterocycles. The van der Waals surface area contributed by atoms with E-state index in [1.54, 1.807) is 18.4 Å². The lowest BCUT2D eigenvalue weighted by Gasteiger charge is -2.22. The number of benzene rings is 1. The van der Waals surface area contributed by atoms with Gasteiger partial charge in [0.2, 0.25) is 5.91 Å². The first kappa shape index (κ1) is 14.9. The lowest BCUT2D eigenvalue weighted by Crippen LogP contribution is -2.28. The molecule has 1 aliphatic carbocycles. The number of carbonyl (C=O) groups is 1. The number of fused-ring (bicyclic) bond motifs is 1. The van der Waals surface area contributed by atoms with Crippen LogP contribution in [0.25, 0.3) is 6.08 Å². The summed E-state index contributed by atoms with van der Waals surface area (Å²) >= 11 is 0. The number of rotatable bonds is 5. The van der Waals surface area contributed by atoms with E-state index in [9.17, 15) is 4.79 Å². The predicted molar refractivity (Wildman–Crippen MR) is 88.8 cm³/mol. The van der Waals surface area contributed by atoms with E-state index in [1.807, 2.05) is 24.3 Å². The van der Waals surface area contributed by atoms with Crippen molar-refractivity contribution >= 4 is 12.0 Å². The smallest absolute Gasteiger partial charge is 0.244 e. The summed E-state index contributed by atoms with van der Waals surface area (Å²) in [7, 11) is 0. The van der Waals surface area contributed by atoms with E-state index in [4.69, 9.17) is 13.9 Å². The first-order chi connectivity index (χ1) is 11.8. The second-order valence-corrected chi connectivity index (χ2v) is 6.08. The molecule has 1 amide bonds. The van der Waals surface area contributed by atoms with Gasteiger partial charge in [0.25, 0.3) is 0 Å². The van der Waals surface area contributed by atoms with Crippen molar-refractivity contribution in [1.29, 1.82) is 0 Å². The van der Waals surface area contributed by atoms with Crippen LogP contribution in [0.5, 0.6) is 11.5 Å². The fourth-order valence-corrected chi connectivity index (χ4v) is 2.90. The molecule has 0 radical (unpaired) electrons. The maximum Gasteiger partial charge on any atom is 0.244 e. The van der Waals surface area contributed by atoms with E-state index in [0.717, 1.165) is 29.9 Å². The Morgan fingerprint density at radius 3 is 2.75 bits per heavy atom. The highest BCUT2D eigenvalue weighted by Gasteiger charge is 2.33. The number of ether oxygens (including phenoxy) is 2. The molecule has 1 unspecified atom stereocenters. The van der Waals surface area contributed by atoms with E-state index in [-0.39, 0.29) is 11.9 Å². The van der Waals surface area contributed by atoms with Gasteiger partial charge in [0.15, 0.2) is 11.5 Å². The molecule has 1 aromatic carbocycles. The van der Waals surface area contributed by atoms with Gasteiger partial charge in [-0.05, 0) is 54.7 Å². The fraction of sp³-hybridized carbons (Fsp3) is 0.316. The first-order valence-electron chi connectivity index (χ1n) is 8.21. The third-order valence-electron chi connectivity index (χ3n) is 4.26. The van der Waals surface area contributed by atoms with Crippen molar-refractivity contribution in [2.75, 3.05) is 13.2 Å². The van der Waals surface area contributed by atoms with Gasteiger partial charge in [-0.1, -0.05) is 6.07 Å². The second kappa shape index (κ2) is 6.43. The number of hydrogen-bond donors (Lipinski definition) is 1. The summed E-state index contributed by atoms with van der Waals surface area (Å²) in [5.41, 5.74) is 1.06. The minimum absolute atomic E-state index is 0.00502. The van der Waals surface area contributed by atoms with Crippen molar-refractivity contribution in [3.63, 3.8) is 0 Å². The van der Waals surface area contributed by atoms with Crippen LogP contribution in [-0.4, -0.2) is 19.1 Å². The molecule has 4 rings (SSSR count). The van der Waals surface area contributed by atoms with Crippen LogP contribution in [0.4, 0.5) is 0 Å². The quantitative estimate of drug-likeness (QED) is 0.857. The SMILES string of the molecule is O=C(C=Cc1ccco1)NC(c1ccc2c(c1)OCCO2)C1CC1. The van der Waals surface area contributed by atoms with E-state index in [2.05, 4.69) is 5.32 Å². The molecule has 2 aromatic rings. The molecule has 1 aliphatic heterocycles. The highest BCUT2D eigenvalue weighted by atomic mass is 16.6. The second-order valence-electron chi connectivity index (χ2n) is 6.08. The Hall–Kier alpha value is -2.69. The summed E-state index contributed by atoms with van der Waals surface area (Å²) in [5.74, 6) is 2.53. The summed E-state index contributed by atoms with van der Waals surface area (Å²) in [4.78, 5) is 12.2. The number of nitrogens with one attached hydrogen (secondary N) is 1. The molecule has 0 bridgehead atoms. The van der Waals surface area contributed by atoms with Crippen molar-refractivity contribution in [3.05, 3.63) is 54.0 Å². The summed E-state index contributed by atoms with van der Waals surface area (Å²) in [5, 5.41) is 3.10. The van der Waals surface area contributed by atoms with Crippen LogP contribution in [0.3, 0.4) is 0 Å². The summed E-state index contributed by atoms with van der Waals surface area (Å²) in [6.07, 6.45) is 7.01. The fourth-order valence-electron chi connectivity index (χ4n) is 2.90. The maximum atomic E-state index is 12.2. The standard InChI is InChI=1S/C19H19NO4/c21-18(8-6-15-2-1-9-22-15)20-19(13-3-4-13)14-5-7-16-17(12-14)24-11-10-23-16/h1-2,5-9,12-13,19H,3-4,10-11H2,(H,20,21). The Balaban J connectivity index is 1.49. The zero-order chi connectivity index (χ0) is 16.4. The normalized spacial score (nSPS) is 17.7. The maximum absolute atomic E-state index is 12.2. The van der Waals surface area contributed by atoms with E-state index in [1.165, 1.54) is 6.08 Å². The van der Waals surface area contributed by atoms with Gasteiger partial charge in [-0.2, -0.15) is 0 Å². The van der Waals surface area contributed by atoms with Gasteiger partial charge in [-0.3, -0.25) is 4.79 Å². The van der Waals surface area contributed by atoms with Crippen molar-refractivity contribution < 1.29 is 18.7 Å². The molecule has 24 heavy (non-hydrogen) atoms. The summed E-state index contributed by atoms with van der Waals surface area (Å²) < 4.78 is 16.4. The monoisotopic (exact) mass is 325 g/mol. The Morgan fingerprint density at radius 1 is 1.17 bits per heavy atom. The van der Waals surface area contributed by atoms with Crippen LogP contribution in [0, 0.1) is 5.92 Å².